The smallest absolute Gasteiger partial charge is 0.326 e. The van der Waals surface area contributed by atoms with Crippen LogP contribution in [0.5, 0.6) is 5.75 Å². The van der Waals surface area contributed by atoms with E-state index < -0.39 is 12.0 Å². The highest BCUT2D eigenvalue weighted by Gasteiger charge is 2.20. The fraction of sp³-hybridized carbons (Fsp3) is 0.467. The van der Waals surface area contributed by atoms with Crippen molar-refractivity contribution in [1.82, 2.24) is 5.32 Å². The molecule has 116 valence electrons. The number of thioether (sulfide) groups is 1. The molecule has 0 fully saturated rings. The van der Waals surface area contributed by atoms with Gasteiger partial charge in [0.1, 0.15) is 11.8 Å². The molecule has 0 heterocycles. The summed E-state index contributed by atoms with van der Waals surface area (Å²) in [6.45, 7) is 2.64. The van der Waals surface area contributed by atoms with E-state index in [9.17, 15) is 9.59 Å². The molecule has 2 N–H and O–H groups in total. The average molecular weight is 311 g/mol. The van der Waals surface area contributed by atoms with E-state index in [1.54, 1.807) is 36.0 Å². The minimum absolute atomic E-state index is 0.384. The molecule has 1 amide bonds. The highest BCUT2D eigenvalue weighted by Crippen LogP contribution is 2.13. The van der Waals surface area contributed by atoms with Gasteiger partial charge in [-0.25, -0.2) is 4.79 Å². The van der Waals surface area contributed by atoms with E-state index in [0.717, 1.165) is 6.42 Å². The molecule has 0 saturated carbocycles. The Labute approximate surface area is 129 Å². The monoisotopic (exact) mass is 311 g/mol. The van der Waals surface area contributed by atoms with Crippen molar-refractivity contribution < 1.29 is 19.4 Å². The Hall–Kier alpha value is -1.69. The lowest BCUT2D eigenvalue weighted by molar-refractivity contribution is -0.139. The van der Waals surface area contributed by atoms with Crippen LogP contribution in [0.25, 0.3) is 0 Å². The first-order valence-corrected chi connectivity index (χ1v) is 8.23. The molecule has 0 saturated heterocycles. The van der Waals surface area contributed by atoms with Crippen LogP contribution >= 0.6 is 11.8 Å². The van der Waals surface area contributed by atoms with E-state index in [1.165, 1.54) is 0 Å². The Morgan fingerprint density at radius 1 is 1.33 bits per heavy atom. The van der Waals surface area contributed by atoms with Gasteiger partial charge in [0.15, 0.2) is 0 Å². The van der Waals surface area contributed by atoms with Gasteiger partial charge in [0, 0.05) is 5.56 Å². The van der Waals surface area contributed by atoms with Crippen molar-refractivity contribution in [3.8, 4) is 5.75 Å². The summed E-state index contributed by atoms with van der Waals surface area (Å²) >= 11 is 1.55. The van der Waals surface area contributed by atoms with Crippen LogP contribution in [-0.4, -0.2) is 41.6 Å². The molecule has 1 aromatic carbocycles. The van der Waals surface area contributed by atoms with Gasteiger partial charge in [0.05, 0.1) is 6.61 Å². The molecule has 0 bridgehead atoms. The molecule has 0 aliphatic rings. The molecule has 1 rings (SSSR count). The van der Waals surface area contributed by atoms with Crippen LogP contribution in [0.15, 0.2) is 24.3 Å². The number of hydrogen-bond acceptors (Lipinski definition) is 4. The standard InChI is InChI=1S/C15H21NO4S/c1-3-9-20-12-6-4-11(5-7-12)14(17)16-13(15(18)19)8-10-21-2/h4-7,13H,3,8-10H2,1-2H3,(H,16,17)(H,18,19). The third kappa shape index (κ3) is 6.08. The quantitative estimate of drug-likeness (QED) is 0.732. The maximum absolute atomic E-state index is 12.0. The fourth-order valence-electron chi connectivity index (χ4n) is 1.66. The van der Waals surface area contributed by atoms with Crippen molar-refractivity contribution in [2.24, 2.45) is 0 Å². The molecule has 0 aliphatic carbocycles. The van der Waals surface area contributed by atoms with Gasteiger partial charge in [-0.15, -0.1) is 0 Å². The number of amides is 1. The van der Waals surface area contributed by atoms with E-state index >= 15 is 0 Å². The van der Waals surface area contributed by atoms with Gasteiger partial charge >= 0.3 is 5.97 Å². The molecule has 1 aromatic rings. The summed E-state index contributed by atoms with van der Waals surface area (Å²) in [6, 6.07) is 5.83. The van der Waals surface area contributed by atoms with Crippen LogP contribution in [0.1, 0.15) is 30.1 Å². The van der Waals surface area contributed by atoms with Gasteiger partial charge < -0.3 is 15.2 Å². The maximum atomic E-state index is 12.0. The Balaban J connectivity index is 2.62. The van der Waals surface area contributed by atoms with Crippen molar-refractivity contribution in [2.45, 2.75) is 25.8 Å². The molecule has 0 spiro atoms. The first-order valence-electron chi connectivity index (χ1n) is 6.84. The van der Waals surface area contributed by atoms with E-state index in [0.29, 0.717) is 30.1 Å². The normalized spacial score (nSPS) is 11.7. The zero-order valence-corrected chi connectivity index (χ0v) is 13.1. The second-order valence-corrected chi connectivity index (χ2v) is 5.50. The number of nitrogens with one attached hydrogen (secondary N) is 1. The van der Waals surface area contributed by atoms with Gasteiger partial charge in [-0.05, 0) is 49.1 Å². The molecule has 0 radical (unpaired) electrons. The Morgan fingerprint density at radius 3 is 2.52 bits per heavy atom. The largest absolute Gasteiger partial charge is 0.494 e. The van der Waals surface area contributed by atoms with E-state index in [-0.39, 0.29) is 5.91 Å². The number of benzene rings is 1. The molecule has 0 aromatic heterocycles. The fourth-order valence-corrected chi connectivity index (χ4v) is 2.13. The molecule has 1 atom stereocenters. The number of rotatable bonds is 9. The highest BCUT2D eigenvalue weighted by molar-refractivity contribution is 7.98. The van der Waals surface area contributed by atoms with Crippen LogP contribution in [0.2, 0.25) is 0 Å². The number of aliphatic carboxylic acids is 1. The van der Waals surface area contributed by atoms with E-state index in [4.69, 9.17) is 9.84 Å². The van der Waals surface area contributed by atoms with Gasteiger partial charge in [0.25, 0.3) is 5.91 Å². The number of carbonyl (C=O) groups excluding carboxylic acids is 1. The molecule has 1 unspecified atom stereocenters. The van der Waals surface area contributed by atoms with Crippen LogP contribution < -0.4 is 10.1 Å². The lowest BCUT2D eigenvalue weighted by atomic mass is 10.1. The molecular formula is C15H21NO4S. The Kier molecular flexibility index (Phi) is 7.68. The van der Waals surface area contributed by atoms with Crippen LogP contribution in [-0.2, 0) is 4.79 Å². The third-order valence-electron chi connectivity index (χ3n) is 2.80. The number of ether oxygens (including phenoxy) is 1. The summed E-state index contributed by atoms with van der Waals surface area (Å²) in [4.78, 5) is 23.1. The molecule has 21 heavy (non-hydrogen) atoms. The van der Waals surface area contributed by atoms with Crippen LogP contribution in [0.4, 0.5) is 0 Å². The summed E-state index contributed by atoms with van der Waals surface area (Å²) in [5, 5.41) is 11.6. The Bertz CT molecular complexity index is 461. The first-order chi connectivity index (χ1) is 10.1. The Morgan fingerprint density at radius 2 is 2.00 bits per heavy atom. The summed E-state index contributed by atoms with van der Waals surface area (Å²) in [5.41, 5.74) is 0.425. The zero-order valence-electron chi connectivity index (χ0n) is 12.3. The SMILES string of the molecule is CCCOc1ccc(C(=O)NC(CCSC)C(=O)O)cc1. The molecule has 6 heteroatoms. The van der Waals surface area contributed by atoms with Gasteiger partial charge in [-0.3, -0.25) is 4.79 Å². The van der Waals surface area contributed by atoms with Gasteiger partial charge in [-0.1, -0.05) is 6.92 Å². The van der Waals surface area contributed by atoms with E-state index in [1.807, 2.05) is 13.2 Å². The van der Waals surface area contributed by atoms with Gasteiger partial charge in [0.2, 0.25) is 0 Å². The van der Waals surface area contributed by atoms with E-state index in [2.05, 4.69) is 5.32 Å². The number of carboxylic acids is 1. The zero-order chi connectivity index (χ0) is 15.7. The minimum atomic E-state index is -1.01. The second kappa shape index (κ2) is 9.28. The highest BCUT2D eigenvalue weighted by atomic mass is 32.2. The molecule has 5 nitrogen and oxygen atoms in total. The average Bonchev–Trinajstić information content (AvgIpc) is 2.49. The molecule has 0 aliphatic heterocycles. The maximum Gasteiger partial charge on any atom is 0.326 e. The first kappa shape index (κ1) is 17.4. The van der Waals surface area contributed by atoms with Crippen molar-refractivity contribution in [3.63, 3.8) is 0 Å². The van der Waals surface area contributed by atoms with Crippen molar-refractivity contribution in [2.75, 3.05) is 18.6 Å². The number of hydrogen-bond donors (Lipinski definition) is 2. The summed E-state index contributed by atoms with van der Waals surface area (Å²) in [5.74, 6) is -0.0162. The van der Waals surface area contributed by atoms with Crippen LogP contribution in [0, 0.1) is 0 Å². The van der Waals surface area contributed by atoms with Crippen LogP contribution in [0.3, 0.4) is 0 Å². The molecular weight excluding hydrogens is 290 g/mol. The summed E-state index contributed by atoms with van der Waals surface area (Å²) < 4.78 is 5.43. The van der Waals surface area contributed by atoms with Gasteiger partial charge in [-0.2, -0.15) is 11.8 Å². The lowest BCUT2D eigenvalue weighted by Crippen LogP contribution is -2.41. The van der Waals surface area contributed by atoms with Crippen molar-refractivity contribution >= 4 is 23.6 Å². The second-order valence-electron chi connectivity index (χ2n) is 4.52. The number of carbonyl (C=O) groups is 2. The third-order valence-corrected chi connectivity index (χ3v) is 3.45. The van der Waals surface area contributed by atoms with Crippen molar-refractivity contribution in [1.29, 1.82) is 0 Å². The summed E-state index contributed by atoms with van der Waals surface area (Å²) in [7, 11) is 0. The predicted octanol–water partition coefficient (Wildman–Crippen LogP) is 2.41. The summed E-state index contributed by atoms with van der Waals surface area (Å²) in [6.07, 6.45) is 3.22. The topological polar surface area (TPSA) is 75.6 Å². The number of carboxylic acid groups (broad SMARTS) is 1. The lowest BCUT2D eigenvalue weighted by Gasteiger charge is -2.14. The minimum Gasteiger partial charge on any atom is -0.494 e. The van der Waals surface area contributed by atoms with Crippen molar-refractivity contribution in [3.05, 3.63) is 29.8 Å². The predicted molar refractivity (Wildman–Crippen MR) is 84.1 cm³/mol.